The minimum Gasteiger partial charge on any atom is -0.493 e. The van der Waals surface area contributed by atoms with Crippen molar-refractivity contribution in [3.8, 4) is 23.3 Å². The van der Waals surface area contributed by atoms with Gasteiger partial charge in [0.05, 0.1) is 27.9 Å². The van der Waals surface area contributed by atoms with Gasteiger partial charge in [-0.3, -0.25) is 0 Å². The van der Waals surface area contributed by atoms with Crippen LogP contribution in [0.25, 0.3) is 0 Å². The van der Waals surface area contributed by atoms with E-state index in [1.54, 1.807) is 18.2 Å². The highest BCUT2D eigenvalue weighted by molar-refractivity contribution is 5.90. The number of ether oxygens (including phenoxy) is 3. The zero-order valence-electron chi connectivity index (χ0n) is 13.4. The van der Waals surface area contributed by atoms with Crippen LogP contribution in [-0.2, 0) is 6.54 Å². The minimum absolute atomic E-state index is 0.0244. The summed E-state index contributed by atoms with van der Waals surface area (Å²) in [5.41, 5.74) is 5.95. The summed E-state index contributed by atoms with van der Waals surface area (Å²) in [6, 6.07) is 5.14. The van der Waals surface area contributed by atoms with Crippen LogP contribution in [0.2, 0.25) is 0 Å². The number of anilines is 1. The molecule has 24 heavy (non-hydrogen) atoms. The summed E-state index contributed by atoms with van der Waals surface area (Å²) in [5, 5.41) is 22.0. The molecule has 0 saturated carbocycles. The molecule has 0 amide bonds. The second-order valence-corrected chi connectivity index (χ2v) is 4.72. The first kappa shape index (κ1) is 17.0. The Morgan fingerprint density at radius 1 is 1.29 bits per heavy atom. The van der Waals surface area contributed by atoms with Crippen molar-refractivity contribution in [3.05, 3.63) is 29.0 Å². The monoisotopic (exact) mass is 332 g/mol. The first-order valence-corrected chi connectivity index (χ1v) is 6.75. The highest BCUT2D eigenvalue weighted by atomic mass is 16.5. The van der Waals surface area contributed by atoms with E-state index in [0.29, 0.717) is 22.8 Å². The predicted octanol–water partition coefficient (Wildman–Crippen LogP) is 1.11. The number of nitrogen functional groups attached to an aromatic ring is 1. The molecule has 126 valence electrons. The van der Waals surface area contributed by atoms with Crippen LogP contribution in [0.15, 0.2) is 12.1 Å². The number of nitrogens with two attached hydrogens (primary N) is 1. The van der Waals surface area contributed by atoms with Gasteiger partial charge < -0.3 is 25.1 Å². The topological polar surface area (TPSA) is 133 Å². The first-order valence-electron chi connectivity index (χ1n) is 6.75. The molecule has 0 aliphatic carbocycles. The Morgan fingerprint density at radius 2 is 1.88 bits per heavy atom. The fourth-order valence-electron chi connectivity index (χ4n) is 2.26. The van der Waals surface area contributed by atoms with Crippen molar-refractivity contribution in [1.82, 2.24) is 9.78 Å². The number of hydrogen-bond donors (Lipinski definition) is 2. The van der Waals surface area contributed by atoms with Crippen molar-refractivity contribution in [1.29, 1.82) is 5.26 Å². The van der Waals surface area contributed by atoms with Gasteiger partial charge in [-0.25, -0.2) is 9.48 Å². The molecule has 0 aliphatic rings. The molecule has 0 radical (unpaired) electrons. The van der Waals surface area contributed by atoms with Crippen molar-refractivity contribution in [2.75, 3.05) is 27.1 Å². The molecular weight excluding hydrogens is 316 g/mol. The van der Waals surface area contributed by atoms with Gasteiger partial charge in [0.25, 0.3) is 0 Å². The van der Waals surface area contributed by atoms with E-state index in [1.807, 2.05) is 0 Å². The zero-order chi connectivity index (χ0) is 17.9. The van der Waals surface area contributed by atoms with Crippen LogP contribution in [0, 0.1) is 11.3 Å². The van der Waals surface area contributed by atoms with Crippen molar-refractivity contribution in [2.24, 2.45) is 0 Å². The number of benzene rings is 1. The Hall–Kier alpha value is -3.41. The Labute approximate surface area is 137 Å². The van der Waals surface area contributed by atoms with Gasteiger partial charge in [0.2, 0.25) is 5.75 Å². The first-order chi connectivity index (χ1) is 11.5. The molecule has 9 heteroatoms. The standard InChI is InChI=1S/C15H16N4O5/c1-22-10-4-8(5-11(23-2)13(10)24-3)7-19-14(17)9(6-16)12(18-19)15(20)21/h4-5H,7,17H2,1-3H3,(H,20,21). The summed E-state index contributed by atoms with van der Waals surface area (Å²) < 4.78 is 17.0. The number of aromatic nitrogens is 2. The molecule has 0 fully saturated rings. The van der Waals surface area contributed by atoms with Gasteiger partial charge in [-0.2, -0.15) is 10.4 Å². The fourth-order valence-corrected chi connectivity index (χ4v) is 2.26. The van der Waals surface area contributed by atoms with Crippen LogP contribution < -0.4 is 19.9 Å². The van der Waals surface area contributed by atoms with E-state index >= 15 is 0 Å². The number of aromatic carboxylic acids is 1. The van der Waals surface area contributed by atoms with E-state index in [2.05, 4.69) is 5.10 Å². The zero-order valence-corrected chi connectivity index (χ0v) is 13.4. The number of rotatable bonds is 6. The van der Waals surface area contributed by atoms with Crippen LogP contribution >= 0.6 is 0 Å². The van der Waals surface area contributed by atoms with Gasteiger partial charge in [-0.15, -0.1) is 0 Å². The number of carbonyl (C=O) groups is 1. The van der Waals surface area contributed by atoms with Gasteiger partial charge in [0, 0.05) is 0 Å². The molecule has 2 rings (SSSR count). The summed E-state index contributed by atoms with van der Waals surface area (Å²) in [6.07, 6.45) is 0. The number of methoxy groups -OCH3 is 3. The molecule has 1 aromatic carbocycles. The summed E-state index contributed by atoms with van der Waals surface area (Å²) in [4.78, 5) is 11.1. The molecule has 1 heterocycles. The number of nitriles is 1. The average Bonchev–Trinajstić information content (AvgIpc) is 2.89. The predicted molar refractivity (Wildman–Crippen MR) is 83.5 cm³/mol. The summed E-state index contributed by atoms with van der Waals surface area (Å²) in [7, 11) is 4.46. The third kappa shape index (κ3) is 2.89. The average molecular weight is 332 g/mol. The maximum atomic E-state index is 11.1. The van der Waals surface area contributed by atoms with Crippen LogP contribution in [-0.4, -0.2) is 42.2 Å². The quantitative estimate of drug-likeness (QED) is 0.803. The fraction of sp³-hybridized carbons (Fsp3) is 0.267. The Kier molecular flexibility index (Phi) is 4.79. The smallest absolute Gasteiger partial charge is 0.357 e. The van der Waals surface area contributed by atoms with Crippen LogP contribution in [0.5, 0.6) is 17.2 Å². The highest BCUT2D eigenvalue weighted by Gasteiger charge is 2.21. The molecule has 9 nitrogen and oxygen atoms in total. The lowest BCUT2D eigenvalue weighted by molar-refractivity contribution is 0.0689. The molecule has 1 aromatic heterocycles. The van der Waals surface area contributed by atoms with Crippen LogP contribution in [0.4, 0.5) is 5.82 Å². The second kappa shape index (κ2) is 6.78. The highest BCUT2D eigenvalue weighted by Crippen LogP contribution is 2.38. The summed E-state index contributed by atoms with van der Waals surface area (Å²) >= 11 is 0. The van der Waals surface area contributed by atoms with Crippen LogP contribution in [0.1, 0.15) is 21.6 Å². The van der Waals surface area contributed by atoms with E-state index in [0.717, 1.165) is 0 Å². The van der Waals surface area contributed by atoms with E-state index < -0.39 is 5.97 Å². The van der Waals surface area contributed by atoms with Crippen molar-refractivity contribution >= 4 is 11.8 Å². The number of hydrogen-bond acceptors (Lipinski definition) is 7. The van der Waals surface area contributed by atoms with Crippen LogP contribution in [0.3, 0.4) is 0 Å². The Balaban J connectivity index is 2.49. The maximum Gasteiger partial charge on any atom is 0.357 e. The van der Waals surface area contributed by atoms with E-state index in [9.17, 15) is 4.79 Å². The molecule has 0 bridgehead atoms. The van der Waals surface area contributed by atoms with Gasteiger partial charge >= 0.3 is 5.97 Å². The normalized spacial score (nSPS) is 10.1. The Bertz CT molecular complexity index is 797. The molecule has 0 spiro atoms. The second-order valence-electron chi connectivity index (χ2n) is 4.72. The largest absolute Gasteiger partial charge is 0.493 e. The molecule has 0 atom stereocenters. The van der Waals surface area contributed by atoms with E-state index in [-0.39, 0.29) is 23.6 Å². The lowest BCUT2D eigenvalue weighted by Gasteiger charge is -2.14. The van der Waals surface area contributed by atoms with Crippen molar-refractivity contribution in [3.63, 3.8) is 0 Å². The number of carboxylic acid groups (broad SMARTS) is 1. The van der Waals surface area contributed by atoms with E-state index in [1.165, 1.54) is 26.0 Å². The third-order valence-corrected chi connectivity index (χ3v) is 3.36. The SMILES string of the molecule is COc1cc(Cn2nc(C(=O)O)c(C#N)c2N)cc(OC)c1OC. The number of carboxylic acids is 1. The van der Waals surface area contributed by atoms with Gasteiger partial charge in [-0.05, 0) is 17.7 Å². The minimum atomic E-state index is -1.32. The molecule has 2 aromatic rings. The summed E-state index contributed by atoms with van der Waals surface area (Å²) in [5.74, 6) is -0.0280. The van der Waals surface area contributed by atoms with E-state index in [4.69, 9.17) is 30.3 Å². The molecule has 0 aliphatic heterocycles. The van der Waals surface area contributed by atoms with Gasteiger partial charge in [-0.1, -0.05) is 0 Å². The van der Waals surface area contributed by atoms with Crippen molar-refractivity contribution in [2.45, 2.75) is 6.54 Å². The lowest BCUT2D eigenvalue weighted by Crippen LogP contribution is -2.08. The van der Waals surface area contributed by atoms with Gasteiger partial charge in [0.15, 0.2) is 17.2 Å². The Morgan fingerprint density at radius 3 is 2.25 bits per heavy atom. The maximum absolute atomic E-state index is 11.1. The molecular formula is C15H16N4O5. The summed E-state index contributed by atoms with van der Waals surface area (Å²) in [6.45, 7) is 0.129. The molecule has 0 unspecified atom stereocenters. The number of nitrogens with zero attached hydrogens (tertiary/aromatic N) is 3. The molecule has 3 N–H and O–H groups in total. The third-order valence-electron chi connectivity index (χ3n) is 3.36. The molecule has 0 saturated heterocycles. The van der Waals surface area contributed by atoms with Gasteiger partial charge in [0.1, 0.15) is 17.5 Å². The van der Waals surface area contributed by atoms with Crippen molar-refractivity contribution < 1.29 is 24.1 Å². The lowest BCUT2D eigenvalue weighted by atomic mass is 10.1.